The zero-order valence-corrected chi connectivity index (χ0v) is 14.5. The smallest absolute Gasteiger partial charge is 0.280 e. The topological polar surface area (TPSA) is 44.0 Å². The lowest BCUT2D eigenvalue weighted by molar-refractivity contribution is 0.732. The van der Waals surface area contributed by atoms with Crippen LogP contribution in [0.15, 0.2) is 46.5 Å². The van der Waals surface area contributed by atoms with Gasteiger partial charge in [0.1, 0.15) is 4.83 Å². The number of aromatic nitrogens is 2. The van der Waals surface area contributed by atoms with Crippen molar-refractivity contribution in [1.29, 1.82) is 0 Å². The molecule has 0 N–H and O–H groups in total. The summed E-state index contributed by atoms with van der Waals surface area (Å²) >= 11 is 7.62. The van der Waals surface area contributed by atoms with E-state index < -0.39 is 0 Å². The van der Waals surface area contributed by atoms with Crippen molar-refractivity contribution in [3.63, 3.8) is 0 Å². The summed E-state index contributed by atoms with van der Waals surface area (Å²) in [6.45, 7) is 4.11. The van der Waals surface area contributed by atoms with E-state index in [1.807, 2.05) is 0 Å². The van der Waals surface area contributed by atoms with E-state index in [0.717, 1.165) is 29.7 Å². The summed E-state index contributed by atoms with van der Waals surface area (Å²) in [6.07, 6.45) is 4.62. The molecule has 2 aromatic heterocycles. The summed E-state index contributed by atoms with van der Waals surface area (Å²) in [5.41, 5.74) is 0.996. The van der Waals surface area contributed by atoms with E-state index in [0.29, 0.717) is 22.6 Å². The summed E-state index contributed by atoms with van der Waals surface area (Å²) in [5, 5.41) is 1.17. The highest BCUT2D eigenvalue weighted by molar-refractivity contribution is 7.18. The summed E-state index contributed by atoms with van der Waals surface area (Å²) in [7, 11) is 0. The fraction of sp³-hybridized carbons (Fsp3) is 0.222. The van der Waals surface area contributed by atoms with Crippen LogP contribution in [0, 0.1) is 0 Å². The number of nitrogens with zero attached hydrogens (tertiary/aromatic N) is 2. The number of hydrogen-bond donors (Lipinski definition) is 0. The molecule has 1 aliphatic carbocycles. The maximum atomic E-state index is 13.1. The summed E-state index contributed by atoms with van der Waals surface area (Å²) < 4.78 is 2.86. The van der Waals surface area contributed by atoms with Crippen molar-refractivity contribution >= 4 is 33.2 Å². The van der Waals surface area contributed by atoms with Gasteiger partial charge in [-0.2, -0.15) is 0 Å². The molecule has 0 aliphatic heterocycles. The van der Waals surface area contributed by atoms with E-state index in [9.17, 15) is 9.59 Å². The minimum atomic E-state index is -0.352. The van der Waals surface area contributed by atoms with E-state index in [-0.39, 0.29) is 11.2 Å². The molecule has 0 atom stereocenters. The third kappa shape index (κ3) is 2.19. The van der Waals surface area contributed by atoms with Gasteiger partial charge in [0.25, 0.3) is 5.56 Å². The van der Waals surface area contributed by atoms with Crippen LogP contribution in [0.5, 0.6) is 0 Å². The van der Waals surface area contributed by atoms with Crippen molar-refractivity contribution in [2.45, 2.75) is 25.8 Å². The Morgan fingerprint density at radius 1 is 1.29 bits per heavy atom. The second-order valence-electron chi connectivity index (χ2n) is 5.84. The van der Waals surface area contributed by atoms with Gasteiger partial charge in [0.05, 0.1) is 11.1 Å². The number of hydrogen-bond acceptors (Lipinski definition) is 3. The lowest BCUT2D eigenvalue weighted by Crippen LogP contribution is -2.38. The van der Waals surface area contributed by atoms with Crippen LogP contribution in [0.3, 0.4) is 0 Å². The van der Waals surface area contributed by atoms with E-state index in [4.69, 9.17) is 11.6 Å². The molecule has 1 aromatic carbocycles. The quantitative estimate of drug-likeness (QED) is 0.672. The van der Waals surface area contributed by atoms with Crippen molar-refractivity contribution in [2.75, 3.05) is 0 Å². The second kappa shape index (κ2) is 5.76. The van der Waals surface area contributed by atoms with Crippen LogP contribution in [0.2, 0.25) is 5.02 Å². The molecule has 4 rings (SSSR count). The van der Waals surface area contributed by atoms with E-state index in [2.05, 4.69) is 6.58 Å². The van der Waals surface area contributed by atoms with Crippen LogP contribution in [0.1, 0.15) is 16.9 Å². The van der Waals surface area contributed by atoms with Gasteiger partial charge in [0, 0.05) is 16.4 Å². The first-order valence-electron chi connectivity index (χ1n) is 7.78. The second-order valence-corrected chi connectivity index (χ2v) is 7.36. The predicted molar refractivity (Wildman–Crippen MR) is 98.9 cm³/mol. The maximum absolute atomic E-state index is 13.1. The fourth-order valence-electron chi connectivity index (χ4n) is 3.34. The molecule has 0 saturated heterocycles. The Morgan fingerprint density at radius 2 is 2.12 bits per heavy atom. The van der Waals surface area contributed by atoms with Crippen LogP contribution in [-0.4, -0.2) is 9.13 Å². The number of thiophene rings is 1. The third-order valence-electron chi connectivity index (χ3n) is 4.37. The zero-order valence-electron chi connectivity index (χ0n) is 12.9. The molecule has 3 aromatic rings. The van der Waals surface area contributed by atoms with Crippen molar-refractivity contribution in [2.24, 2.45) is 0 Å². The molecule has 122 valence electrons. The van der Waals surface area contributed by atoms with Crippen LogP contribution in [-0.2, 0) is 19.4 Å². The fourth-order valence-corrected chi connectivity index (χ4v) is 4.91. The summed E-state index contributed by atoms with van der Waals surface area (Å²) in [5.74, 6) is 0. The van der Waals surface area contributed by atoms with Crippen molar-refractivity contribution in [3.8, 4) is 5.69 Å². The van der Waals surface area contributed by atoms with Gasteiger partial charge in [-0.25, -0.2) is 9.36 Å². The Kier molecular flexibility index (Phi) is 3.70. The number of fused-ring (bicyclic) bond motifs is 3. The number of rotatable bonds is 3. The van der Waals surface area contributed by atoms with Gasteiger partial charge < -0.3 is 0 Å². The molecule has 1 aliphatic rings. The minimum absolute atomic E-state index is 0.253. The average molecular weight is 359 g/mol. The summed E-state index contributed by atoms with van der Waals surface area (Å²) in [6, 6.07) is 6.83. The van der Waals surface area contributed by atoms with Gasteiger partial charge in [0.2, 0.25) is 0 Å². The third-order valence-corrected chi connectivity index (χ3v) is 5.91. The maximum Gasteiger partial charge on any atom is 0.337 e. The summed E-state index contributed by atoms with van der Waals surface area (Å²) in [4.78, 5) is 28.1. The zero-order chi connectivity index (χ0) is 16.8. The van der Waals surface area contributed by atoms with Gasteiger partial charge in [-0.05, 0) is 43.0 Å². The molecule has 0 saturated carbocycles. The SMILES string of the molecule is C=CCn1c(=O)n(-c2cccc(Cl)c2)c(=O)c2c3c(sc21)CCC3. The number of benzene rings is 1. The van der Waals surface area contributed by atoms with E-state index in [1.54, 1.807) is 46.2 Å². The molecule has 0 unspecified atom stereocenters. The van der Waals surface area contributed by atoms with Gasteiger partial charge in [0.15, 0.2) is 0 Å². The van der Waals surface area contributed by atoms with Crippen molar-refractivity contribution < 1.29 is 0 Å². The van der Waals surface area contributed by atoms with Crippen LogP contribution < -0.4 is 11.2 Å². The molecule has 0 fully saturated rings. The number of aryl methyl sites for hydroxylation is 2. The Morgan fingerprint density at radius 3 is 2.88 bits per heavy atom. The van der Waals surface area contributed by atoms with Crippen LogP contribution in [0.25, 0.3) is 15.9 Å². The average Bonchev–Trinajstić information content (AvgIpc) is 3.12. The van der Waals surface area contributed by atoms with Gasteiger partial charge in [-0.15, -0.1) is 17.9 Å². The Hall–Kier alpha value is -2.11. The molecule has 0 radical (unpaired) electrons. The number of halogens is 1. The van der Waals surface area contributed by atoms with Gasteiger partial charge in [-0.1, -0.05) is 23.7 Å². The van der Waals surface area contributed by atoms with Gasteiger partial charge in [-0.3, -0.25) is 9.36 Å². The molecular formula is C18H15ClN2O2S. The molecule has 4 nitrogen and oxygen atoms in total. The normalized spacial score (nSPS) is 13.4. The lowest BCUT2D eigenvalue weighted by Gasteiger charge is -2.11. The van der Waals surface area contributed by atoms with Gasteiger partial charge >= 0.3 is 5.69 Å². The van der Waals surface area contributed by atoms with Crippen molar-refractivity contribution in [3.05, 3.63) is 73.2 Å². The standard InChI is InChI=1S/C18H15ClN2O2S/c1-2-9-20-17-15(13-7-4-8-14(13)24-17)16(22)21(18(20)23)12-6-3-5-11(19)10-12/h2-3,5-6,10H,1,4,7-9H2. The highest BCUT2D eigenvalue weighted by Crippen LogP contribution is 2.35. The largest absolute Gasteiger partial charge is 0.337 e. The van der Waals surface area contributed by atoms with Crippen LogP contribution in [0.4, 0.5) is 0 Å². The Balaban J connectivity index is 2.16. The highest BCUT2D eigenvalue weighted by Gasteiger charge is 2.24. The monoisotopic (exact) mass is 358 g/mol. The molecule has 0 bridgehead atoms. The van der Waals surface area contributed by atoms with Crippen molar-refractivity contribution in [1.82, 2.24) is 9.13 Å². The highest BCUT2D eigenvalue weighted by atomic mass is 35.5. The minimum Gasteiger partial charge on any atom is -0.280 e. The first kappa shape index (κ1) is 15.4. The first-order valence-corrected chi connectivity index (χ1v) is 8.98. The first-order chi connectivity index (χ1) is 11.6. The van der Waals surface area contributed by atoms with Crippen LogP contribution >= 0.6 is 22.9 Å². The molecule has 2 heterocycles. The van der Waals surface area contributed by atoms with E-state index >= 15 is 0 Å². The molecular weight excluding hydrogens is 344 g/mol. The molecule has 0 spiro atoms. The lowest BCUT2D eigenvalue weighted by atomic mass is 10.2. The Labute approximate surface area is 147 Å². The van der Waals surface area contributed by atoms with E-state index in [1.165, 1.54) is 9.44 Å². The molecule has 24 heavy (non-hydrogen) atoms. The molecule has 6 heteroatoms. The predicted octanol–water partition coefficient (Wildman–Crippen LogP) is 3.54. The molecule has 0 amide bonds. The Bertz CT molecular complexity index is 1090. The number of allylic oxidation sites excluding steroid dienone is 1.